The van der Waals surface area contributed by atoms with Crippen LogP contribution in [0.4, 0.5) is 0 Å². The number of hydrogen-bond donors (Lipinski definition) is 0. The van der Waals surface area contributed by atoms with E-state index in [0.717, 1.165) is 29.3 Å². The number of alkyl halides is 1. The van der Waals surface area contributed by atoms with E-state index in [-0.39, 0.29) is 5.97 Å². The molecule has 0 bridgehead atoms. The fourth-order valence-electron chi connectivity index (χ4n) is 2.07. The maximum absolute atomic E-state index is 12.2. The normalized spacial score (nSPS) is 10.4. The van der Waals surface area contributed by atoms with Gasteiger partial charge in [-0.1, -0.05) is 71.7 Å². The standard InChI is InChI=1S/C18H19BrO2/c1-2-3-12-21-18(20)17-7-5-4-6-16(17)15-10-8-14(13-19)9-11-15/h4-11H,2-3,12-13H2,1H3. The molecule has 0 atom stereocenters. The van der Waals surface area contributed by atoms with Gasteiger partial charge in [0.15, 0.2) is 0 Å². The Morgan fingerprint density at radius 2 is 1.81 bits per heavy atom. The molecule has 2 aromatic carbocycles. The van der Waals surface area contributed by atoms with Crippen molar-refractivity contribution in [3.63, 3.8) is 0 Å². The van der Waals surface area contributed by atoms with E-state index < -0.39 is 0 Å². The van der Waals surface area contributed by atoms with E-state index in [4.69, 9.17) is 4.74 Å². The Bertz CT molecular complexity index is 590. The van der Waals surface area contributed by atoms with Crippen molar-refractivity contribution in [2.45, 2.75) is 25.1 Å². The van der Waals surface area contributed by atoms with Gasteiger partial charge in [-0.05, 0) is 29.2 Å². The molecule has 0 saturated heterocycles. The Kier molecular flexibility index (Phi) is 6.00. The smallest absolute Gasteiger partial charge is 0.338 e. The summed E-state index contributed by atoms with van der Waals surface area (Å²) >= 11 is 3.44. The number of hydrogen-bond acceptors (Lipinski definition) is 2. The maximum Gasteiger partial charge on any atom is 0.338 e. The van der Waals surface area contributed by atoms with E-state index in [0.29, 0.717) is 12.2 Å². The van der Waals surface area contributed by atoms with Crippen LogP contribution in [0.25, 0.3) is 11.1 Å². The number of unbranched alkanes of at least 4 members (excludes halogenated alkanes) is 1. The minimum absolute atomic E-state index is 0.247. The molecule has 2 rings (SSSR count). The van der Waals surface area contributed by atoms with Crippen LogP contribution in [0.5, 0.6) is 0 Å². The molecular formula is C18H19BrO2. The molecule has 0 fully saturated rings. The second-order valence-electron chi connectivity index (χ2n) is 4.87. The average molecular weight is 347 g/mol. The van der Waals surface area contributed by atoms with Crippen LogP contribution in [0.15, 0.2) is 48.5 Å². The van der Waals surface area contributed by atoms with Crippen molar-refractivity contribution in [3.8, 4) is 11.1 Å². The van der Waals surface area contributed by atoms with E-state index in [1.807, 2.05) is 36.4 Å². The van der Waals surface area contributed by atoms with Crippen molar-refractivity contribution >= 4 is 21.9 Å². The number of rotatable bonds is 6. The fourth-order valence-corrected chi connectivity index (χ4v) is 2.45. The zero-order chi connectivity index (χ0) is 15.1. The number of esters is 1. The van der Waals surface area contributed by atoms with Crippen LogP contribution in [0.1, 0.15) is 35.7 Å². The zero-order valence-corrected chi connectivity index (χ0v) is 13.7. The summed E-state index contributed by atoms with van der Waals surface area (Å²) in [7, 11) is 0. The number of carbonyl (C=O) groups is 1. The fraction of sp³-hybridized carbons (Fsp3) is 0.278. The van der Waals surface area contributed by atoms with E-state index in [2.05, 4.69) is 35.0 Å². The van der Waals surface area contributed by atoms with Gasteiger partial charge >= 0.3 is 5.97 Å². The summed E-state index contributed by atoms with van der Waals surface area (Å²) < 4.78 is 5.33. The van der Waals surface area contributed by atoms with Crippen LogP contribution < -0.4 is 0 Å². The number of halogens is 1. The van der Waals surface area contributed by atoms with Crippen LogP contribution in [-0.2, 0) is 10.1 Å². The molecule has 0 amide bonds. The predicted octanol–water partition coefficient (Wildman–Crippen LogP) is 5.21. The third-order valence-corrected chi connectivity index (χ3v) is 3.94. The molecular weight excluding hydrogens is 328 g/mol. The van der Waals surface area contributed by atoms with Gasteiger partial charge in [-0.2, -0.15) is 0 Å². The molecule has 3 heteroatoms. The molecule has 0 heterocycles. The van der Waals surface area contributed by atoms with Gasteiger partial charge in [-0.25, -0.2) is 4.79 Å². The van der Waals surface area contributed by atoms with Gasteiger partial charge in [0.1, 0.15) is 0 Å². The minimum Gasteiger partial charge on any atom is -0.462 e. The molecule has 0 aliphatic heterocycles. The van der Waals surface area contributed by atoms with Crippen molar-refractivity contribution in [1.29, 1.82) is 0 Å². The van der Waals surface area contributed by atoms with Crippen LogP contribution >= 0.6 is 15.9 Å². The molecule has 0 aliphatic carbocycles. The Morgan fingerprint density at radius 1 is 1.10 bits per heavy atom. The monoisotopic (exact) mass is 346 g/mol. The highest BCUT2D eigenvalue weighted by atomic mass is 79.9. The van der Waals surface area contributed by atoms with E-state index >= 15 is 0 Å². The molecule has 0 saturated carbocycles. The first-order valence-corrected chi connectivity index (χ1v) is 8.30. The second kappa shape index (κ2) is 7.99. The third kappa shape index (κ3) is 4.18. The SMILES string of the molecule is CCCCOC(=O)c1ccccc1-c1ccc(CBr)cc1. The molecule has 0 aromatic heterocycles. The predicted molar refractivity (Wildman–Crippen MR) is 89.7 cm³/mol. The molecule has 0 aliphatic rings. The van der Waals surface area contributed by atoms with Crippen LogP contribution in [0.3, 0.4) is 0 Å². The van der Waals surface area contributed by atoms with Crippen LogP contribution in [-0.4, -0.2) is 12.6 Å². The van der Waals surface area contributed by atoms with E-state index in [1.54, 1.807) is 0 Å². The van der Waals surface area contributed by atoms with Gasteiger partial charge in [0.05, 0.1) is 12.2 Å². The lowest BCUT2D eigenvalue weighted by Gasteiger charge is -2.10. The number of carbonyl (C=O) groups excluding carboxylic acids is 1. The first-order chi connectivity index (χ1) is 10.3. The summed E-state index contributed by atoms with van der Waals surface area (Å²) in [5, 5.41) is 0.827. The molecule has 2 nitrogen and oxygen atoms in total. The third-order valence-electron chi connectivity index (χ3n) is 3.30. The Hall–Kier alpha value is -1.61. The highest BCUT2D eigenvalue weighted by Crippen LogP contribution is 2.25. The summed E-state index contributed by atoms with van der Waals surface area (Å²) in [5.74, 6) is -0.247. The molecule has 21 heavy (non-hydrogen) atoms. The van der Waals surface area contributed by atoms with Crippen molar-refractivity contribution in [2.75, 3.05) is 6.61 Å². The van der Waals surface area contributed by atoms with Crippen molar-refractivity contribution in [1.82, 2.24) is 0 Å². The van der Waals surface area contributed by atoms with Gasteiger partial charge < -0.3 is 4.74 Å². The summed E-state index contributed by atoms with van der Waals surface area (Å²) in [6, 6.07) is 15.8. The second-order valence-corrected chi connectivity index (χ2v) is 5.43. The molecule has 0 unspecified atom stereocenters. The molecule has 0 spiro atoms. The van der Waals surface area contributed by atoms with Crippen molar-refractivity contribution < 1.29 is 9.53 Å². The summed E-state index contributed by atoms with van der Waals surface area (Å²) in [6.07, 6.45) is 1.91. The molecule has 2 aromatic rings. The lowest BCUT2D eigenvalue weighted by molar-refractivity contribution is 0.0500. The first kappa shape index (κ1) is 15.8. The van der Waals surface area contributed by atoms with Crippen molar-refractivity contribution in [3.05, 3.63) is 59.7 Å². The van der Waals surface area contributed by atoms with Gasteiger partial charge in [0, 0.05) is 5.33 Å². The van der Waals surface area contributed by atoms with Gasteiger partial charge in [-0.15, -0.1) is 0 Å². The van der Waals surface area contributed by atoms with E-state index in [9.17, 15) is 4.79 Å². The lowest BCUT2D eigenvalue weighted by Crippen LogP contribution is -2.07. The van der Waals surface area contributed by atoms with Crippen molar-refractivity contribution in [2.24, 2.45) is 0 Å². The molecule has 0 N–H and O–H groups in total. The summed E-state index contributed by atoms with van der Waals surface area (Å²) in [6.45, 7) is 2.55. The Morgan fingerprint density at radius 3 is 2.48 bits per heavy atom. The van der Waals surface area contributed by atoms with Gasteiger partial charge in [0.2, 0.25) is 0 Å². The quantitative estimate of drug-likeness (QED) is 0.408. The summed E-state index contributed by atoms with van der Waals surface area (Å²) in [4.78, 5) is 12.2. The molecule has 0 radical (unpaired) electrons. The highest BCUT2D eigenvalue weighted by molar-refractivity contribution is 9.08. The van der Waals surface area contributed by atoms with E-state index in [1.165, 1.54) is 5.56 Å². The highest BCUT2D eigenvalue weighted by Gasteiger charge is 2.13. The number of benzene rings is 2. The van der Waals surface area contributed by atoms with Gasteiger partial charge in [-0.3, -0.25) is 0 Å². The molecule has 110 valence electrons. The maximum atomic E-state index is 12.2. The zero-order valence-electron chi connectivity index (χ0n) is 12.1. The Labute approximate surface area is 134 Å². The largest absolute Gasteiger partial charge is 0.462 e. The summed E-state index contributed by atoms with van der Waals surface area (Å²) in [5.41, 5.74) is 3.78. The number of ether oxygens (including phenoxy) is 1. The topological polar surface area (TPSA) is 26.3 Å². The Balaban J connectivity index is 2.25. The lowest BCUT2D eigenvalue weighted by atomic mass is 9.99. The van der Waals surface area contributed by atoms with Gasteiger partial charge in [0.25, 0.3) is 0 Å². The van der Waals surface area contributed by atoms with Crippen LogP contribution in [0.2, 0.25) is 0 Å². The minimum atomic E-state index is -0.247. The first-order valence-electron chi connectivity index (χ1n) is 7.17. The van der Waals surface area contributed by atoms with Crippen LogP contribution in [0, 0.1) is 0 Å². The average Bonchev–Trinajstić information content (AvgIpc) is 2.55.